The normalized spacial score (nSPS) is 15.8. The molecule has 0 bridgehead atoms. The second-order valence-electron chi connectivity index (χ2n) is 7.20. The molecule has 0 aliphatic carbocycles. The molecule has 1 radical (unpaired) electrons. The smallest absolute Gasteiger partial charge is 0.0720 e. The molecular weight excluding hydrogens is 607 g/mol. The third-order valence-corrected chi connectivity index (χ3v) is 4.80. The fraction of sp³-hybridized carbons (Fsp3) is 0.129. The first-order valence-electron chi connectivity index (χ1n) is 15.5. The largest absolute Gasteiger partial charge is 0.304 e. The van der Waals surface area contributed by atoms with Gasteiger partial charge in [-0.15, -0.1) is 71.8 Å². The van der Waals surface area contributed by atoms with Crippen LogP contribution in [0.1, 0.15) is 44.6 Å². The van der Waals surface area contributed by atoms with E-state index in [-0.39, 0.29) is 31.4 Å². The van der Waals surface area contributed by atoms with Crippen molar-refractivity contribution in [2.75, 3.05) is 0 Å². The molecule has 0 atom stereocenters. The molecule has 0 amide bonds. The van der Waals surface area contributed by atoms with Crippen LogP contribution in [0.5, 0.6) is 0 Å². The van der Waals surface area contributed by atoms with E-state index in [2.05, 4.69) is 27.1 Å². The summed E-state index contributed by atoms with van der Waals surface area (Å²) in [5.41, 5.74) is 3.98. The SMILES string of the molecule is [2H]C([2H])([2H])C([2H])(c1cccc(-c2ccc(-c3[c-]cccc3)nc2)n1)C([2H])([2H])[2H].[2H]C([2H])([2H])c1ccc(-c2[c-]cccc2)nc1.[Ir]. The minimum Gasteiger partial charge on any atom is -0.304 e. The Balaban J connectivity index is 0.000000276. The minimum absolute atomic E-state index is 0. The van der Waals surface area contributed by atoms with Crippen molar-refractivity contribution in [3.05, 3.63) is 127 Å². The van der Waals surface area contributed by atoms with E-state index < -0.39 is 26.4 Å². The Labute approximate surface area is 235 Å². The van der Waals surface area contributed by atoms with E-state index in [9.17, 15) is 0 Å². The Morgan fingerprint density at radius 1 is 0.714 bits per heavy atom. The molecule has 0 fully saturated rings. The molecule has 5 aromatic rings. The number of rotatable bonds is 4. The van der Waals surface area contributed by atoms with Crippen molar-refractivity contribution in [1.82, 2.24) is 15.0 Å². The quantitative estimate of drug-likeness (QED) is 0.190. The van der Waals surface area contributed by atoms with Gasteiger partial charge in [0.05, 0.1) is 5.69 Å². The third-order valence-electron chi connectivity index (χ3n) is 4.80. The van der Waals surface area contributed by atoms with Crippen molar-refractivity contribution in [2.45, 2.75) is 26.4 Å². The van der Waals surface area contributed by atoms with Gasteiger partial charge < -0.3 is 9.97 Å². The van der Waals surface area contributed by atoms with Gasteiger partial charge >= 0.3 is 0 Å². The molecule has 35 heavy (non-hydrogen) atoms. The van der Waals surface area contributed by atoms with Gasteiger partial charge in [0.25, 0.3) is 0 Å². The minimum atomic E-state index is -3.07. The molecular formula is C31H27IrN3-2. The van der Waals surface area contributed by atoms with Crippen LogP contribution in [-0.2, 0) is 20.1 Å². The number of benzene rings is 2. The van der Waals surface area contributed by atoms with Crippen LogP contribution in [-0.4, -0.2) is 15.0 Å². The average molecular weight is 644 g/mol. The molecule has 3 heterocycles. The van der Waals surface area contributed by atoms with Gasteiger partial charge in [-0.3, -0.25) is 4.98 Å². The van der Waals surface area contributed by atoms with Crippen molar-refractivity contribution in [3.8, 4) is 33.8 Å². The average Bonchev–Trinajstić information content (AvgIpc) is 3.00. The Hall–Kier alpha value is -3.46. The number of hydrogen-bond acceptors (Lipinski definition) is 3. The predicted molar refractivity (Wildman–Crippen MR) is 139 cm³/mol. The fourth-order valence-electron chi connectivity index (χ4n) is 3.10. The van der Waals surface area contributed by atoms with Gasteiger partial charge in [0.15, 0.2) is 0 Å². The molecule has 5 rings (SSSR count). The Morgan fingerprint density at radius 3 is 1.91 bits per heavy atom. The first kappa shape index (κ1) is 15.5. The van der Waals surface area contributed by atoms with Crippen LogP contribution in [0.15, 0.2) is 103 Å². The van der Waals surface area contributed by atoms with Crippen LogP contribution in [0.2, 0.25) is 0 Å². The maximum Gasteiger partial charge on any atom is 0.0720 e. The first-order chi connectivity index (χ1) is 20.6. The summed E-state index contributed by atoms with van der Waals surface area (Å²) in [7, 11) is 0. The summed E-state index contributed by atoms with van der Waals surface area (Å²) in [6, 6.07) is 32.2. The maximum atomic E-state index is 8.26. The van der Waals surface area contributed by atoms with Crippen LogP contribution in [0, 0.1) is 19.0 Å². The Bertz CT molecular complexity index is 1640. The van der Waals surface area contributed by atoms with Gasteiger partial charge in [-0.2, -0.15) is 0 Å². The predicted octanol–water partition coefficient (Wildman–Crippen LogP) is 7.59. The van der Waals surface area contributed by atoms with E-state index in [1.807, 2.05) is 36.4 Å². The van der Waals surface area contributed by atoms with E-state index in [1.165, 1.54) is 18.3 Å². The number of aromatic nitrogens is 3. The molecule has 0 spiro atoms. The van der Waals surface area contributed by atoms with Crippen molar-refractivity contribution in [1.29, 1.82) is 0 Å². The van der Waals surface area contributed by atoms with E-state index in [0.29, 0.717) is 17.0 Å². The molecule has 0 saturated carbocycles. The van der Waals surface area contributed by atoms with Gasteiger partial charge in [-0.25, -0.2) is 0 Å². The summed E-state index contributed by atoms with van der Waals surface area (Å²) in [6.07, 6.45) is 2.96. The van der Waals surface area contributed by atoms with Crippen LogP contribution >= 0.6 is 0 Å². The third kappa shape index (κ3) is 7.26. The van der Waals surface area contributed by atoms with Gasteiger partial charge in [-0.05, 0) is 41.8 Å². The Morgan fingerprint density at radius 2 is 1.40 bits per heavy atom. The zero-order chi connectivity index (χ0) is 32.2. The van der Waals surface area contributed by atoms with Crippen LogP contribution in [0.25, 0.3) is 33.8 Å². The second kappa shape index (κ2) is 12.8. The van der Waals surface area contributed by atoms with Crippen LogP contribution in [0.3, 0.4) is 0 Å². The standard InChI is InChI=1S/C19H17N2.C12H10N.Ir/c1-14(2)17-9-6-10-19(21-17)16-11-12-18(20-13-16)15-7-4-3-5-8-15;1-10-7-8-12(13-9-10)11-5-3-2-4-6-11;/h3-7,9-14H,1-2H3;2-5,7-9H,1H3;/q2*-1;/i1D3,2D3,14D;1D3;. The molecule has 0 unspecified atom stereocenters. The van der Waals surface area contributed by atoms with Crippen molar-refractivity contribution < 1.29 is 33.8 Å². The summed E-state index contributed by atoms with van der Waals surface area (Å²) in [4.78, 5) is 12.7. The van der Waals surface area contributed by atoms with Gasteiger partial charge in [0, 0.05) is 57.5 Å². The second-order valence-corrected chi connectivity index (χ2v) is 7.20. The fourth-order valence-corrected chi connectivity index (χ4v) is 3.10. The summed E-state index contributed by atoms with van der Waals surface area (Å²) >= 11 is 0. The summed E-state index contributed by atoms with van der Waals surface area (Å²) in [6.45, 7) is -8.24. The summed E-state index contributed by atoms with van der Waals surface area (Å²) < 4.78 is 75.6. The van der Waals surface area contributed by atoms with Crippen LogP contribution in [0.4, 0.5) is 0 Å². The molecule has 0 N–H and O–H groups in total. The molecule has 2 aromatic carbocycles. The molecule has 3 nitrogen and oxygen atoms in total. The molecule has 0 aliphatic rings. The number of aryl methyl sites for hydroxylation is 1. The van der Waals surface area contributed by atoms with E-state index in [0.717, 1.165) is 16.8 Å². The van der Waals surface area contributed by atoms with E-state index in [4.69, 9.17) is 13.7 Å². The Kier molecular flexibility index (Phi) is 5.70. The molecule has 0 aliphatic heterocycles. The van der Waals surface area contributed by atoms with Crippen molar-refractivity contribution in [2.24, 2.45) is 0 Å². The van der Waals surface area contributed by atoms with Gasteiger partial charge in [0.2, 0.25) is 0 Å². The molecule has 177 valence electrons. The van der Waals surface area contributed by atoms with E-state index >= 15 is 0 Å². The summed E-state index contributed by atoms with van der Waals surface area (Å²) in [5.74, 6) is -2.83. The van der Waals surface area contributed by atoms with Crippen LogP contribution < -0.4 is 0 Å². The van der Waals surface area contributed by atoms with Gasteiger partial charge in [-0.1, -0.05) is 44.0 Å². The zero-order valence-electron chi connectivity index (χ0n) is 28.5. The van der Waals surface area contributed by atoms with Crippen molar-refractivity contribution >= 4 is 0 Å². The molecule has 4 heteroatoms. The maximum absolute atomic E-state index is 8.26. The zero-order valence-corrected chi connectivity index (χ0v) is 20.9. The van der Waals surface area contributed by atoms with E-state index in [1.54, 1.807) is 48.7 Å². The monoisotopic (exact) mass is 644 g/mol. The number of hydrogen-bond donors (Lipinski definition) is 0. The first-order valence-corrected chi connectivity index (χ1v) is 10.5. The van der Waals surface area contributed by atoms with Crippen molar-refractivity contribution in [3.63, 3.8) is 0 Å². The summed E-state index contributed by atoms with van der Waals surface area (Å²) in [5, 5.41) is 0. The number of nitrogens with zero attached hydrogens (tertiary/aromatic N) is 3. The number of pyridine rings is 3. The molecule has 3 aromatic heterocycles. The topological polar surface area (TPSA) is 38.7 Å². The van der Waals surface area contributed by atoms with Gasteiger partial charge in [0.1, 0.15) is 0 Å². The molecule has 0 saturated heterocycles.